The van der Waals surface area contributed by atoms with E-state index < -0.39 is 0 Å². The Bertz CT molecular complexity index is 1170. The minimum atomic E-state index is -0.211. The maximum Gasteiger partial charge on any atom is 0.259 e. The summed E-state index contributed by atoms with van der Waals surface area (Å²) in [5, 5.41) is 7.77. The van der Waals surface area contributed by atoms with Gasteiger partial charge in [-0.3, -0.25) is 4.79 Å². The molecule has 0 fully saturated rings. The molecule has 0 spiro atoms. The van der Waals surface area contributed by atoms with Crippen molar-refractivity contribution < 1.29 is 9.53 Å². The fourth-order valence-electron chi connectivity index (χ4n) is 3.37. The first-order chi connectivity index (χ1) is 14.7. The summed E-state index contributed by atoms with van der Waals surface area (Å²) in [5.41, 5.74) is 5.71. The molecule has 0 bridgehead atoms. The predicted octanol–water partition coefficient (Wildman–Crippen LogP) is 5.25. The molecule has 0 atom stereocenters. The van der Waals surface area contributed by atoms with E-state index >= 15 is 0 Å². The van der Waals surface area contributed by atoms with Crippen LogP contribution in [0.3, 0.4) is 0 Å². The second kappa shape index (κ2) is 8.76. The van der Waals surface area contributed by atoms with Crippen molar-refractivity contribution in [2.45, 2.75) is 13.5 Å². The van der Waals surface area contributed by atoms with E-state index in [9.17, 15) is 4.79 Å². The average molecular weight is 397 g/mol. The molecule has 0 saturated heterocycles. The molecule has 0 saturated carbocycles. The molecule has 0 aliphatic rings. The fraction of sp³-hybridized carbons (Fsp3) is 0.120. The zero-order chi connectivity index (χ0) is 20.9. The molecule has 4 aromatic rings. The Morgan fingerprint density at radius 2 is 1.77 bits per heavy atom. The Morgan fingerprint density at radius 3 is 2.53 bits per heavy atom. The highest BCUT2D eigenvalue weighted by Crippen LogP contribution is 2.26. The van der Waals surface area contributed by atoms with Crippen LogP contribution in [0.2, 0.25) is 0 Å². The number of rotatable bonds is 6. The summed E-state index contributed by atoms with van der Waals surface area (Å²) >= 11 is 0. The molecule has 0 radical (unpaired) electrons. The van der Waals surface area contributed by atoms with Crippen LogP contribution in [-0.2, 0) is 11.3 Å². The third kappa shape index (κ3) is 4.16. The van der Waals surface area contributed by atoms with Crippen molar-refractivity contribution in [1.82, 2.24) is 9.78 Å². The number of aryl methyl sites for hydroxylation is 1. The Labute approximate surface area is 175 Å². The number of benzene rings is 3. The van der Waals surface area contributed by atoms with Gasteiger partial charge in [0, 0.05) is 30.1 Å². The van der Waals surface area contributed by atoms with Crippen LogP contribution >= 0.6 is 0 Å². The molecular formula is C25H23N3O2. The van der Waals surface area contributed by atoms with Crippen LogP contribution in [0.25, 0.3) is 16.9 Å². The highest BCUT2D eigenvalue weighted by Gasteiger charge is 2.19. The summed E-state index contributed by atoms with van der Waals surface area (Å²) in [5.74, 6) is -0.211. The molecule has 5 heteroatoms. The van der Waals surface area contributed by atoms with E-state index in [1.807, 2.05) is 85.8 Å². The molecule has 1 heterocycles. The van der Waals surface area contributed by atoms with E-state index in [2.05, 4.69) is 5.32 Å². The zero-order valence-corrected chi connectivity index (χ0v) is 17.0. The molecular weight excluding hydrogens is 374 g/mol. The van der Waals surface area contributed by atoms with Crippen LogP contribution in [0.15, 0.2) is 85.1 Å². The quantitative estimate of drug-likeness (QED) is 0.484. The Kier molecular flexibility index (Phi) is 5.72. The lowest BCUT2D eigenvalue weighted by molar-refractivity contribution is 0.102. The predicted molar refractivity (Wildman–Crippen MR) is 119 cm³/mol. The molecule has 1 N–H and O–H groups in total. The van der Waals surface area contributed by atoms with Gasteiger partial charge in [0.1, 0.15) is 5.69 Å². The van der Waals surface area contributed by atoms with Crippen molar-refractivity contribution in [3.8, 4) is 16.9 Å². The van der Waals surface area contributed by atoms with Gasteiger partial charge in [0.2, 0.25) is 0 Å². The van der Waals surface area contributed by atoms with Gasteiger partial charge < -0.3 is 10.1 Å². The first kappa shape index (κ1) is 19.6. The van der Waals surface area contributed by atoms with Gasteiger partial charge in [-0.25, -0.2) is 4.68 Å². The molecule has 0 aliphatic heterocycles. The number of para-hydroxylation sites is 2. The van der Waals surface area contributed by atoms with Crippen molar-refractivity contribution in [2.24, 2.45) is 0 Å². The van der Waals surface area contributed by atoms with Crippen LogP contribution in [0.5, 0.6) is 0 Å². The average Bonchev–Trinajstić information content (AvgIpc) is 3.22. The van der Waals surface area contributed by atoms with Crippen LogP contribution in [-0.4, -0.2) is 22.8 Å². The first-order valence-electron chi connectivity index (χ1n) is 9.76. The van der Waals surface area contributed by atoms with Crippen molar-refractivity contribution in [2.75, 3.05) is 12.4 Å². The van der Waals surface area contributed by atoms with Gasteiger partial charge in [-0.05, 0) is 31.2 Å². The second-order valence-electron chi connectivity index (χ2n) is 7.09. The maximum absolute atomic E-state index is 13.3. The highest BCUT2D eigenvalue weighted by molar-refractivity contribution is 6.08. The van der Waals surface area contributed by atoms with Gasteiger partial charge in [0.05, 0.1) is 17.9 Å². The molecule has 4 rings (SSSR count). The summed E-state index contributed by atoms with van der Waals surface area (Å²) in [4.78, 5) is 13.3. The normalized spacial score (nSPS) is 10.7. The topological polar surface area (TPSA) is 56.1 Å². The third-order valence-electron chi connectivity index (χ3n) is 4.84. The lowest BCUT2D eigenvalue weighted by Crippen LogP contribution is -2.14. The number of ether oxygens (including phenoxy) is 1. The van der Waals surface area contributed by atoms with E-state index in [-0.39, 0.29) is 5.91 Å². The van der Waals surface area contributed by atoms with Crippen molar-refractivity contribution in [1.29, 1.82) is 0 Å². The molecule has 0 aliphatic carbocycles. The minimum Gasteiger partial charge on any atom is -0.380 e. The van der Waals surface area contributed by atoms with E-state index in [0.29, 0.717) is 17.9 Å². The number of amides is 1. The van der Waals surface area contributed by atoms with Crippen LogP contribution in [0.4, 0.5) is 5.69 Å². The van der Waals surface area contributed by atoms with Gasteiger partial charge in [0.25, 0.3) is 5.91 Å². The lowest BCUT2D eigenvalue weighted by Gasteiger charge is -2.10. The Hall–Kier alpha value is -3.70. The van der Waals surface area contributed by atoms with Crippen molar-refractivity contribution in [3.05, 3.63) is 102 Å². The maximum atomic E-state index is 13.3. The van der Waals surface area contributed by atoms with Gasteiger partial charge in [-0.2, -0.15) is 5.10 Å². The van der Waals surface area contributed by atoms with Gasteiger partial charge in [-0.15, -0.1) is 0 Å². The zero-order valence-electron chi connectivity index (χ0n) is 17.0. The third-order valence-corrected chi connectivity index (χ3v) is 4.84. The number of hydrogen-bond donors (Lipinski definition) is 1. The second-order valence-corrected chi connectivity index (χ2v) is 7.09. The molecule has 3 aromatic carbocycles. The fourth-order valence-corrected chi connectivity index (χ4v) is 3.37. The highest BCUT2D eigenvalue weighted by atomic mass is 16.5. The number of nitrogens with one attached hydrogen (secondary N) is 1. The van der Waals surface area contributed by atoms with E-state index in [4.69, 9.17) is 9.84 Å². The van der Waals surface area contributed by atoms with E-state index in [1.54, 1.807) is 18.0 Å². The number of methoxy groups -OCH3 is 1. The summed E-state index contributed by atoms with van der Waals surface area (Å²) in [6, 6.07) is 25.4. The van der Waals surface area contributed by atoms with Gasteiger partial charge in [-0.1, -0.05) is 60.2 Å². The summed E-state index contributed by atoms with van der Waals surface area (Å²) in [6.45, 7) is 2.45. The monoisotopic (exact) mass is 397 g/mol. The largest absolute Gasteiger partial charge is 0.380 e. The summed E-state index contributed by atoms with van der Waals surface area (Å²) < 4.78 is 7.00. The molecule has 1 amide bonds. The lowest BCUT2D eigenvalue weighted by atomic mass is 10.1. The number of nitrogens with zero attached hydrogens (tertiary/aromatic N) is 2. The van der Waals surface area contributed by atoms with Crippen molar-refractivity contribution >= 4 is 11.6 Å². The molecule has 30 heavy (non-hydrogen) atoms. The Balaban J connectivity index is 1.76. The molecule has 5 nitrogen and oxygen atoms in total. The van der Waals surface area contributed by atoms with Crippen LogP contribution in [0, 0.1) is 6.92 Å². The summed E-state index contributed by atoms with van der Waals surface area (Å²) in [6.07, 6.45) is 1.78. The van der Waals surface area contributed by atoms with Gasteiger partial charge >= 0.3 is 0 Å². The first-order valence-corrected chi connectivity index (χ1v) is 9.76. The standard InChI is InChI=1S/C25H23N3O2/c1-18-9-8-11-19(15-18)24-22(16-28(27-24)21-12-4-3-5-13-21)25(29)26-23-14-7-6-10-20(23)17-30-2/h3-16H,17H2,1-2H3,(H,26,29). The van der Waals surface area contributed by atoms with Crippen LogP contribution in [0.1, 0.15) is 21.5 Å². The molecule has 150 valence electrons. The molecule has 0 unspecified atom stereocenters. The van der Waals surface area contributed by atoms with Crippen molar-refractivity contribution in [3.63, 3.8) is 0 Å². The number of hydrogen-bond acceptors (Lipinski definition) is 3. The Morgan fingerprint density at radius 1 is 1.00 bits per heavy atom. The number of aromatic nitrogens is 2. The smallest absolute Gasteiger partial charge is 0.259 e. The molecule has 1 aromatic heterocycles. The summed E-state index contributed by atoms with van der Waals surface area (Å²) in [7, 11) is 1.64. The SMILES string of the molecule is COCc1ccccc1NC(=O)c1cn(-c2ccccc2)nc1-c1cccc(C)c1. The van der Waals surface area contributed by atoms with Crippen LogP contribution < -0.4 is 5.32 Å². The minimum absolute atomic E-state index is 0.211. The number of anilines is 1. The van der Waals surface area contributed by atoms with Gasteiger partial charge in [0.15, 0.2) is 0 Å². The van der Waals surface area contributed by atoms with E-state index in [0.717, 1.165) is 28.1 Å². The number of carbonyl (C=O) groups is 1. The number of carbonyl (C=O) groups excluding carboxylic acids is 1. The van der Waals surface area contributed by atoms with E-state index in [1.165, 1.54) is 0 Å².